The zero-order valence-corrected chi connectivity index (χ0v) is 23.5. The highest BCUT2D eigenvalue weighted by Gasteiger charge is 2.56. The van der Waals surface area contributed by atoms with Crippen molar-refractivity contribution in [3.63, 3.8) is 0 Å². The van der Waals surface area contributed by atoms with Crippen molar-refractivity contribution >= 4 is 53.5 Å². The second-order valence-corrected chi connectivity index (χ2v) is 10.9. The molecular weight excluding hydrogens is 545 g/mol. The van der Waals surface area contributed by atoms with E-state index in [9.17, 15) is 14.7 Å². The van der Waals surface area contributed by atoms with Crippen molar-refractivity contribution in [2.75, 3.05) is 11.5 Å². The summed E-state index contributed by atoms with van der Waals surface area (Å²) in [5.41, 5.74) is 23.4. The third-order valence-corrected chi connectivity index (χ3v) is 8.55. The Morgan fingerprint density at radius 1 is 1.13 bits per heavy atom. The van der Waals surface area contributed by atoms with Crippen LogP contribution in [0.4, 0.5) is 11.6 Å². The van der Waals surface area contributed by atoms with Crippen molar-refractivity contribution in [2.45, 2.75) is 64.4 Å². The van der Waals surface area contributed by atoms with E-state index in [4.69, 9.17) is 39.3 Å². The molecule has 0 radical (unpaired) electrons. The van der Waals surface area contributed by atoms with Gasteiger partial charge < -0.3 is 32.8 Å². The topological polar surface area (TPSA) is 206 Å². The van der Waals surface area contributed by atoms with Gasteiger partial charge in [-0.05, 0) is 79.5 Å². The summed E-state index contributed by atoms with van der Waals surface area (Å²) in [7, 11) is 0. The third-order valence-electron chi connectivity index (χ3n) is 8.27. The van der Waals surface area contributed by atoms with Crippen LogP contribution in [0.25, 0.3) is 0 Å². The minimum absolute atomic E-state index is 0. The highest BCUT2D eigenvalue weighted by molar-refractivity contribution is 6.31. The molecule has 0 aliphatic heterocycles. The quantitative estimate of drug-likeness (QED) is 0.199. The molecule has 0 bridgehead atoms. The number of carbonyl (C=O) groups is 2. The SMILES string of the molecule is CC(=O)OC1CCC2C3CCc4cc(O)ccc4C3CCC12C.Cl.NC(N)=NC(=O)c1nc(Cl)c(N)nc1N. The number of nitrogens with two attached hydrogens (primary N) is 4. The largest absolute Gasteiger partial charge is 0.508 e. The maximum Gasteiger partial charge on any atom is 0.302 e. The molecule has 2 aromatic rings. The van der Waals surface area contributed by atoms with Crippen molar-refractivity contribution < 1.29 is 19.4 Å². The number of ether oxygens (including phenoxy) is 1. The number of halogens is 2. The molecule has 5 atom stereocenters. The minimum Gasteiger partial charge on any atom is -0.508 e. The van der Waals surface area contributed by atoms with E-state index in [0.29, 0.717) is 23.5 Å². The Labute approximate surface area is 238 Å². The normalized spacial score (nSPS) is 26.3. The van der Waals surface area contributed by atoms with E-state index in [1.54, 1.807) is 0 Å². The highest BCUT2D eigenvalue weighted by atomic mass is 35.5. The van der Waals surface area contributed by atoms with E-state index in [1.165, 1.54) is 37.3 Å². The fourth-order valence-corrected chi connectivity index (χ4v) is 6.81. The fourth-order valence-electron chi connectivity index (χ4n) is 6.68. The van der Waals surface area contributed by atoms with Gasteiger partial charge in [-0.3, -0.25) is 9.59 Å². The number of fused-ring (bicyclic) bond motifs is 5. The van der Waals surface area contributed by atoms with Crippen molar-refractivity contribution in [2.24, 2.45) is 33.7 Å². The summed E-state index contributed by atoms with van der Waals surface area (Å²) < 4.78 is 5.68. The first-order valence-electron chi connectivity index (χ1n) is 12.6. The molecule has 1 amide bonds. The number of amides is 1. The lowest BCUT2D eigenvalue weighted by Gasteiger charge is -2.50. The number of nitrogen functional groups attached to an aromatic ring is 2. The summed E-state index contributed by atoms with van der Waals surface area (Å²) >= 11 is 5.55. The molecule has 0 saturated heterocycles. The lowest BCUT2D eigenvalue weighted by molar-refractivity contribution is -0.154. The van der Waals surface area contributed by atoms with Gasteiger partial charge in [-0.15, -0.1) is 12.4 Å². The van der Waals surface area contributed by atoms with Gasteiger partial charge in [-0.2, -0.15) is 4.99 Å². The Kier molecular flexibility index (Phi) is 9.17. The highest BCUT2D eigenvalue weighted by Crippen LogP contribution is 2.61. The van der Waals surface area contributed by atoms with Crippen LogP contribution < -0.4 is 22.9 Å². The number of rotatable bonds is 2. The molecule has 39 heavy (non-hydrogen) atoms. The Morgan fingerprint density at radius 2 is 1.85 bits per heavy atom. The molecule has 2 fully saturated rings. The summed E-state index contributed by atoms with van der Waals surface area (Å²) in [4.78, 5) is 33.2. The third kappa shape index (κ3) is 6.14. The molecular formula is C26H35Cl2N7O4. The number of benzene rings is 1. The van der Waals surface area contributed by atoms with Crippen LogP contribution >= 0.6 is 24.0 Å². The first-order chi connectivity index (χ1) is 17.9. The average molecular weight is 581 g/mol. The van der Waals surface area contributed by atoms with Crippen LogP contribution in [0.1, 0.15) is 73.5 Å². The number of hydrogen-bond donors (Lipinski definition) is 5. The number of anilines is 2. The van der Waals surface area contributed by atoms with Gasteiger partial charge in [0.25, 0.3) is 0 Å². The van der Waals surface area contributed by atoms with Gasteiger partial charge in [-0.1, -0.05) is 24.6 Å². The maximum absolute atomic E-state index is 11.4. The Hall–Kier alpha value is -3.31. The molecule has 9 N–H and O–H groups in total. The van der Waals surface area contributed by atoms with Gasteiger partial charge in [0.2, 0.25) is 0 Å². The molecule has 5 rings (SSSR count). The fraction of sp³-hybridized carbons (Fsp3) is 0.500. The zero-order chi connectivity index (χ0) is 27.8. The lowest BCUT2D eigenvalue weighted by atomic mass is 9.55. The van der Waals surface area contributed by atoms with Gasteiger partial charge in [-0.25, -0.2) is 9.97 Å². The number of guanidine groups is 1. The van der Waals surface area contributed by atoms with E-state index in [-0.39, 0.29) is 52.4 Å². The minimum atomic E-state index is -0.832. The average Bonchev–Trinajstić information content (AvgIpc) is 3.16. The summed E-state index contributed by atoms with van der Waals surface area (Å²) in [6, 6.07) is 5.93. The number of aryl methyl sites for hydroxylation is 1. The van der Waals surface area contributed by atoms with Crippen LogP contribution in [0.15, 0.2) is 23.2 Å². The van der Waals surface area contributed by atoms with E-state index in [0.717, 1.165) is 19.3 Å². The summed E-state index contributed by atoms with van der Waals surface area (Å²) in [6.07, 6.45) is 6.89. The monoisotopic (exact) mass is 579 g/mol. The number of nitrogens with zero attached hydrogens (tertiary/aromatic N) is 3. The molecule has 1 heterocycles. The number of hydrogen-bond acceptors (Lipinski definition) is 8. The molecule has 3 aliphatic rings. The lowest BCUT2D eigenvalue weighted by Crippen LogP contribution is -2.45. The summed E-state index contributed by atoms with van der Waals surface area (Å²) in [5, 5.41) is 9.61. The number of phenolic OH excluding ortho intramolecular Hbond substituents is 1. The standard InChI is InChI=1S/C20H26O3.C6H8ClN7O.ClH/c1-12(21)23-19-8-7-18-17-5-3-13-11-14(22)4-6-15(13)16(17)9-10-20(18,19)2;7-2-4(9)13-3(8)1(12-2)5(15)14-6(10)11;/h4,6,11,16-19,22H,3,5,7-10H2,1-2H3;(H4,8,9,13)(H4,10,11,14,15);1H. The molecule has 0 spiro atoms. The number of phenols is 1. The smallest absolute Gasteiger partial charge is 0.302 e. The van der Waals surface area contributed by atoms with Gasteiger partial charge in [0.15, 0.2) is 28.4 Å². The van der Waals surface area contributed by atoms with Crippen molar-refractivity contribution in [3.8, 4) is 5.75 Å². The molecule has 3 aliphatic carbocycles. The molecule has 5 unspecified atom stereocenters. The van der Waals surface area contributed by atoms with Crippen LogP contribution in [-0.4, -0.2) is 39.0 Å². The predicted molar refractivity (Wildman–Crippen MR) is 152 cm³/mol. The van der Waals surface area contributed by atoms with Crippen LogP contribution in [0.2, 0.25) is 5.15 Å². The number of carbonyl (C=O) groups excluding carboxylic acids is 2. The van der Waals surface area contributed by atoms with E-state index >= 15 is 0 Å². The molecule has 1 aromatic heterocycles. The molecule has 212 valence electrons. The van der Waals surface area contributed by atoms with Crippen LogP contribution in [0.3, 0.4) is 0 Å². The Morgan fingerprint density at radius 3 is 2.51 bits per heavy atom. The van der Waals surface area contributed by atoms with Crippen LogP contribution in [-0.2, 0) is 16.0 Å². The van der Waals surface area contributed by atoms with Crippen molar-refractivity contribution in [1.82, 2.24) is 9.97 Å². The van der Waals surface area contributed by atoms with Crippen LogP contribution in [0.5, 0.6) is 5.75 Å². The molecule has 2 saturated carbocycles. The summed E-state index contributed by atoms with van der Waals surface area (Å²) in [6.45, 7) is 3.88. The second-order valence-electron chi connectivity index (χ2n) is 10.5. The first kappa shape index (κ1) is 30.2. The van der Waals surface area contributed by atoms with Crippen molar-refractivity contribution in [1.29, 1.82) is 0 Å². The van der Waals surface area contributed by atoms with Gasteiger partial charge in [0, 0.05) is 12.3 Å². The predicted octanol–water partition coefficient (Wildman–Crippen LogP) is 3.31. The maximum atomic E-state index is 11.4. The molecule has 1 aromatic carbocycles. The van der Waals surface area contributed by atoms with Gasteiger partial charge in [0.05, 0.1) is 0 Å². The summed E-state index contributed by atoms with van der Waals surface area (Å²) in [5.74, 6) is 0.730. The number of esters is 1. The number of aliphatic imine (C=N–C) groups is 1. The van der Waals surface area contributed by atoms with Gasteiger partial charge in [0.1, 0.15) is 11.9 Å². The zero-order valence-electron chi connectivity index (χ0n) is 21.9. The van der Waals surface area contributed by atoms with E-state index < -0.39 is 11.9 Å². The first-order valence-corrected chi connectivity index (χ1v) is 13.0. The Balaban J connectivity index is 0.000000231. The number of aromatic nitrogens is 2. The van der Waals surface area contributed by atoms with E-state index in [2.05, 4.69) is 28.0 Å². The molecule has 13 heteroatoms. The van der Waals surface area contributed by atoms with Gasteiger partial charge >= 0.3 is 11.9 Å². The van der Waals surface area contributed by atoms with E-state index in [1.807, 2.05) is 12.1 Å². The second kappa shape index (κ2) is 11.8. The Bertz CT molecular complexity index is 1290. The van der Waals surface area contributed by atoms with Crippen LogP contribution in [0, 0.1) is 17.3 Å². The molecule has 11 nitrogen and oxygen atoms in total. The van der Waals surface area contributed by atoms with Crippen molar-refractivity contribution in [3.05, 3.63) is 40.2 Å². The number of aromatic hydroxyl groups is 1.